The van der Waals surface area contributed by atoms with Crippen LogP contribution in [0.25, 0.3) is 0 Å². The number of aromatic amines is 1. The molecule has 1 atom stereocenters. The summed E-state index contributed by atoms with van der Waals surface area (Å²) >= 11 is 0. The van der Waals surface area contributed by atoms with Crippen LogP contribution in [0, 0.1) is 0 Å². The molecule has 2 heterocycles. The van der Waals surface area contributed by atoms with Gasteiger partial charge in [-0.15, -0.1) is 5.10 Å². The van der Waals surface area contributed by atoms with E-state index in [0.717, 1.165) is 38.8 Å². The minimum atomic E-state index is -1.23. The first-order valence-corrected chi connectivity index (χ1v) is 11.4. The summed E-state index contributed by atoms with van der Waals surface area (Å²) in [5.74, 6) is 0.539. The number of benzene rings is 1. The van der Waals surface area contributed by atoms with Crippen molar-refractivity contribution in [1.82, 2.24) is 24.8 Å². The molecule has 152 valence electrons. The number of fused-ring (bicyclic) bond motifs is 2. The Kier molecular flexibility index (Phi) is 6.08. The smallest absolute Gasteiger partial charge is 0.247 e. The number of aryl methyl sites for hydroxylation is 2. The van der Waals surface area contributed by atoms with Gasteiger partial charge in [-0.05, 0) is 87.7 Å². The number of nitrogens with zero attached hydrogens (tertiary/aromatic N) is 3. The second-order valence-electron chi connectivity index (χ2n) is 7.71. The van der Waals surface area contributed by atoms with E-state index in [2.05, 4.69) is 31.9 Å². The van der Waals surface area contributed by atoms with Crippen molar-refractivity contribution in [3.05, 3.63) is 28.3 Å². The Morgan fingerprint density at radius 2 is 1.61 bits per heavy atom. The fourth-order valence-corrected chi connectivity index (χ4v) is 5.56. The fraction of sp³-hybridized carbons (Fsp3) is 0.600. The monoisotopic (exact) mass is 402 g/mol. The van der Waals surface area contributed by atoms with Gasteiger partial charge in [-0.2, -0.15) is 4.98 Å². The molecule has 0 spiro atoms. The summed E-state index contributed by atoms with van der Waals surface area (Å²) in [6.07, 6.45) is 9.27. The highest BCUT2D eigenvalue weighted by Crippen LogP contribution is 2.39. The van der Waals surface area contributed by atoms with Crippen molar-refractivity contribution in [2.75, 3.05) is 32.5 Å². The predicted molar refractivity (Wildman–Crippen MR) is 112 cm³/mol. The van der Waals surface area contributed by atoms with Crippen molar-refractivity contribution in [2.24, 2.45) is 0 Å². The van der Waals surface area contributed by atoms with Crippen LogP contribution in [0.2, 0.25) is 0 Å². The van der Waals surface area contributed by atoms with Gasteiger partial charge >= 0.3 is 0 Å². The molecule has 1 aliphatic heterocycles. The quantitative estimate of drug-likeness (QED) is 0.732. The molecule has 7 nitrogen and oxygen atoms in total. The summed E-state index contributed by atoms with van der Waals surface area (Å²) in [4.78, 5) is 4.48. The van der Waals surface area contributed by atoms with E-state index in [0.29, 0.717) is 11.1 Å². The number of hydrogen-bond donors (Lipinski definition) is 3. The fourth-order valence-electron chi connectivity index (χ4n) is 4.44. The molecule has 0 saturated carbocycles. The molecule has 1 unspecified atom stereocenters. The molecular weight excluding hydrogens is 372 g/mol. The van der Waals surface area contributed by atoms with Crippen LogP contribution >= 0.6 is 0 Å². The third-order valence-electron chi connectivity index (χ3n) is 5.64. The molecule has 0 bridgehead atoms. The van der Waals surface area contributed by atoms with Gasteiger partial charge in [0.15, 0.2) is 11.0 Å². The van der Waals surface area contributed by atoms with E-state index in [1.165, 1.54) is 53.6 Å². The Hall–Kier alpha value is -1.77. The Bertz CT molecular complexity index is 826. The average Bonchev–Trinajstić information content (AvgIpc) is 3.47. The van der Waals surface area contributed by atoms with Crippen molar-refractivity contribution in [3.8, 4) is 0 Å². The molecule has 1 aromatic heterocycles. The summed E-state index contributed by atoms with van der Waals surface area (Å²) in [6, 6.07) is 2.42. The van der Waals surface area contributed by atoms with Gasteiger partial charge < -0.3 is 10.6 Å². The Labute approximate surface area is 169 Å². The minimum Gasteiger partial charge on any atom is -0.323 e. The third kappa shape index (κ3) is 3.86. The van der Waals surface area contributed by atoms with Crippen LogP contribution in [0.1, 0.15) is 47.9 Å². The highest BCUT2D eigenvalue weighted by Gasteiger charge is 2.26. The first-order valence-electron chi connectivity index (χ1n) is 10.3. The highest BCUT2D eigenvalue weighted by atomic mass is 32.2. The molecule has 2 aromatic rings. The topological polar surface area (TPSA) is 85.9 Å². The first-order chi connectivity index (χ1) is 13.7. The van der Waals surface area contributed by atoms with E-state index >= 15 is 0 Å². The SMILES string of the molecule is CNC.O=S(c1nc(Nc2c3c(cc4c2CCC4)CCC3)n[nH]1)N1CCCC1. The second kappa shape index (κ2) is 8.71. The number of hydrogen-bond acceptors (Lipinski definition) is 5. The third-order valence-corrected chi connectivity index (χ3v) is 6.99. The maximum absolute atomic E-state index is 12.6. The molecule has 3 aliphatic rings. The van der Waals surface area contributed by atoms with E-state index in [-0.39, 0.29) is 0 Å². The van der Waals surface area contributed by atoms with E-state index in [1.54, 1.807) is 0 Å². The van der Waals surface area contributed by atoms with Crippen LogP contribution in [-0.4, -0.2) is 50.9 Å². The summed E-state index contributed by atoms with van der Waals surface area (Å²) in [5.41, 5.74) is 7.07. The molecule has 1 fully saturated rings. The lowest BCUT2D eigenvalue weighted by Crippen LogP contribution is -2.22. The van der Waals surface area contributed by atoms with Crippen LogP contribution in [0.3, 0.4) is 0 Å². The molecular formula is C20H30N6OS. The summed E-state index contributed by atoms with van der Waals surface area (Å²) < 4.78 is 14.5. The molecule has 5 rings (SSSR count). The maximum Gasteiger partial charge on any atom is 0.247 e. The number of rotatable bonds is 4. The largest absolute Gasteiger partial charge is 0.323 e. The van der Waals surface area contributed by atoms with Gasteiger partial charge in [0.25, 0.3) is 0 Å². The van der Waals surface area contributed by atoms with E-state index < -0.39 is 11.0 Å². The van der Waals surface area contributed by atoms with Crippen LogP contribution in [0.4, 0.5) is 11.6 Å². The van der Waals surface area contributed by atoms with Gasteiger partial charge in [-0.1, -0.05) is 6.07 Å². The van der Waals surface area contributed by atoms with Gasteiger partial charge in [0.1, 0.15) is 0 Å². The molecule has 1 aromatic carbocycles. The number of nitrogens with one attached hydrogen (secondary N) is 3. The Morgan fingerprint density at radius 1 is 1.00 bits per heavy atom. The summed E-state index contributed by atoms with van der Waals surface area (Å²) in [7, 11) is 2.52. The second-order valence-corrected chi connectivity index (χ2v) is 9.11. The van der Waals surface area contributed by atoms with Gasteiger partial charge in [0, 0.05) is 18.8 Å². The maximum atomic E-state index is 12.6. The normalized spacial score (nSPS) is 19.1. The van der Waals surface area contributed by atoms with Gasteiger partial charge in [-0.25, -0.2) is 13.6 Å². The minimum absolute atomic E-state index is 0.452. The molecule has 1 saturated heterocycles. The van der Waals surface area contributed by atoms with Gasteiger partial charge in [-0.3, -0.25) is 0 Å². The molecule has 0 amide bonds. The van der Waals surface area contributed by atoms with E-state index in [9.17, 15) is 4.21 Å². The van der Waals surface area contributed by atoms with Crippen molar-refractivity contribution >= 4 is 22.6 Å². The summed E-state index contributed by atoms with van der Waals surface area (Å²) in [6.45, 7) is 1.74. The molecule has 8 heteroatoms. The van der Waals surface area contributed by atoms with Gasteiger partial charge in [0.05, 0.1) is 0 Å². The van der Waals surface area contributed by atoms with Gasteiger partial charge in [0.2, 0.25) is 11.1 Å². The lowest BCUT2D eigenvalue weighted by atomic mass is 9.99. The van der Waals surface area contributed by atoms with Crippen molar-refractivity contribution in [1.29, 1.82) is 0 Å². The number of H-pyrrole nitrogens is 1. The van der Waals surface area contributed by atoms with Crippen molar-refractivity contribution in [3.63, 3.8) is 0 Å². The standard InChI is InChI=1S/C18H23N5OS.C2H7N/c24-25(23-9-1-2-10-23)18-20-17(21-22-18)19-16-14-7-3-5-12(14)11-13-6-4-8-15(13)16;1-3-2/h11H,1-10H2,(H2,19,20,21,22);3H,1-2H3. The Morgan fingerprint density at radius 3 is 2.21 bits per heavy atom. The molecule has 3 N–H and O–H groups in total. The zero-order chi connectivity index (χ0) is 19.5. The number of anilines is 2. The zero-order valence-electron chi connectivity index (χ0n) is 16.8. The van der Waals surface area contributed by atoms with Crippen molar-refractivity contribution < 1.29 is 4.21 Å². The molecule has 28 heavy (non-hydrogen) atoms. The van der Waals surface area contributed by atoms with Crippen LogP contribution in [0.15, 0.2) is 11.2 Å². The van der Waals surface area contributed by atoms with Crippen molar-refractivity contribution in [2.45, 2.75) is 56.5 Å². The van der Waals surface area contributed by atoms with Crippen LogP contribution in [0.5, 0.6) is 0 Å². The predicted octanol–water partition coefficient (Wildman–Crippen LogP) is 2.48. The first kappa shape index (κ1) is 19.5. The van der Waals surface area contributed by atoms with E-state index in [4.69, 9.17) is 0 Å². The number of aromatic nitrogens is 3. The lowest BCUT2D eigenvalue weighted by molar-refractivity contribution is 0.530. The zero-order valence-corrected chi connectivity index (χ0v) is 17.6. The molecule has 0 radical (unpaired) electrons. The lowest BCUT2D eigenvalue weighted by Gasteiger charge is -2.15. The highest BCUT2D eigenvalue weighted by molar-refractivity contribution is 7.82. The van der Waals surface area contributed by atoms with E-state index in [1.807, 2.05) is 18.4 Å². The van der Waals surface area contributed by atoms with Crippen LogP contribution < -0.4 is 10.6 Å². The average molecular weight is 403 g/mol. The molecule has 2 aliphatic carbocycles. The Balaban J connectivity index is 0.000000604. The summed E-state index contributed by atoms with van der Waals surface area (Å²) in [5, 5.41) is 13.8. The van der Waals surface area contributed by atoms with Crippen LogP contribution in [-0.2, 0) is 36.7 Å².